The minimum absolute atomic E-state index is 0.149. The van der Waals surface area contributed by atoms with Gasteiger partial charge in [-0.05, 0) is 60.5 Å². The van der Waals surface area contributed by atoms with Gasteiger partial charge in [0.1, 0.15) is 29.7 Å². The number of nitrogens with one attached hydrogen (secondary N) is 1. The molecule has 4 aromatic rings. The first kappa shape index (κ1) is 26.9. The van der Waals surface area contributed by atoms with Gasteiger partial charge in [-0.3, -0.25) is 4.79 Å². The Morgan fingerprint density at radius 2 is 1.75 bits per heavy atom. The van der Waals surface area contributed by atoms with Crippen LogP contribution in [-0.4, -0.2) is 45.9 Å². The van der Waals surface area contributed by atoms with Crippen molar-refractivity contribution < 1.29 is 23.1 Å². The highest BCUT2D eigenvalue weighted by molar-refractivity contribution is 5.92. The smallest absolute Gasteiger partial charge is 0.322 e. The van der Waals surface area contributed by atoms with Crippen molar-refractivity contribution in [1.82, 2.24) is 14.4 Å². The summed E-state index contributed by atoms with van der Waals surface area (Å²) in [6.07, 6.45) is 2.58. The summed E-state index contributed by atoms with van der Waals surface area (Å²) in [5, 5.41) is 2.47. The predicted molar refractivity (Wildman–Crippen MR) is 148 cm³/mol. The Labute approximate surface area is 231 Å². The Hall–Kier alpha value is -4.66. The summed E-state index contributed by atoms with van der Waals surface area (Å²) in [5.74, 6) is -0.512. The Morgan fingerprint density at radius 1 is 0.950 bits per heavy atom. The molecule has 0 fully saturated rings. The topological polar surface area (TPSA) is 66.8 Å². The van der Waals surface area contributed by atoms with E-state index >= 15 is 0 Å². The molecule has 0 unspecified atom stereocenters. The Morgan fingerprint density at radius 3 is 2.52 bits per heavy atom. The molecule has 1 atom stereocenters. The van der Waals surface area contributed by atoms with E-state index < -0.39 is 23.7 Å². The van der Waals surface area contributed by atoms with E-state index in [1.807, 2.05) is 79.9 Å². The van der Waals surface area contributed by atoms with Crippen LogP contribution in [0.2, 0.25) is 0 Å². The van der Waals surface area contributed by atoms with Crippen molar-refractivity contribution in [2.24, 2.45) is 0 Å². The molecule has 0 spiro atoms. The zero-order valence-electron chi connectivity index (χ0n) is 22.1. The highest BCUT2D eigenvalue weighted by atomic mass is 19.1. The first-order valence-corrected chi connectivity index (χ1v) is 13.2. The molecule has 0 saturated carbocycles. The third-order valence-corrected chi connectivity index (χ3v) is 6.79. The summed E-state index contributed by atoms with van der Waals surface area (Å²) in [7, 11) is 0. The van der Waals surface area contributed by atoms with Crippen molar-refractivity contribution in [2.45, 2.75) is 25.9 Å². The van der Waals surface area contributed by atoms with Crippen LogP contribution in [-0.2, 0) is 11.3 Å². The molecule has 5 rings (SSSR count). The number of hydrogen-bond donors (Lipinski definition) is 1. The van der Waals surface area contributed by atoms with E-state index in [-0.39, 0.29) is 24.7 Å². The van der Waals surface area contributed by atoms with Gasteiger partial charge in [0, 0.05) is 37.6 Å². The average Bonchev–Trinajstić information content (AvgIpc) is 3.43. The number of carbonyl (C=O) groups excluding carboxylic acids is 2. The summed E-state index contributed by atoms with van der Waals surface area (Å²) >= 11 is 0. The fourth-order valence-corrected chi connectivity index (χ4v) is 4.94. The molecule has 2 heterocycles. The normalized spacial score (nSPS) is 14.4. The van der Waals surface area contributed by atoms with Crippen LogP contribution in [0.1, 0.15) is 30.6 Å². The van der Waals surface area contributed by atoms with E-state index in [0.717, 1.165) is 23.4 Å². The summed E-state index contributed by atoms with van der Waals surface area (Å²) in [4.78, 5) is 30.0. The maximum absolute atomic E-state index is 14.2. The molecule has 1 N–H and O–H groups in total. The van der Waals surface area contributed by atoms with E-state index in [0.29, 0.717) is 37.1 Å². The lowest BCUT2D eigenvalue weighted by Crippen LogP contribution is -2.49. The SMILES string of the molecule is CCCN(CC(=O)N1CCn2cccc2[C@H]1c1cccc(Oc2ccccc2)c1)C(=O)Nc1ccc(F)cc1F. The molecular weight excluding hydrogens is 514 g/mol. The van der Waals surface area contributed by atoms with Crippen LogP contribution < -0.4 is 10.1 Å². The van der Waals surface area contributed by atoms with Gasteiger partial charge in [-0.25, -0.2) is 13.6 Å². The van der Waals surface area contributed by atoms with Crippen LogP contribution in [0.5, 0.6) is 11.5 Å². The van der Waals surface area contributed by atoms with E-state index in [2.05, 4.69) is 9.88 Å². The van der Waals surface area contributed by atoms with Crippen LogP contribution in [0.25, 0.3) is 0 Å². The zero-order chi connectivity index (χ0) is 28.1. The highest BCUT2D eigenvalue weighted by Gasteiger charge is 2.33. The second-order valence-corrected chi connectivity index (χ2v) is 9.58. The minimum atomic E-state index is -0.884. The number of para-hydroxylation sites is 1. The molecular formula is C31H30F2N4O3. The number of ether oxygens (including phenoxy) is 1. The molecule has 1 aliphatic heterocycles. The Balaban J connectivity index is 1.38. The largest absolute Gasteiger partial charge is 0.457 e. The van der Waals surface area contributed by atoms with Crippen LogP contribution in [0, 0.1) is 11.6 Å². The van der Waals surface area contributed by atoms with Crippen LogP contribution in [0.15, 0.2) is 91.1 Å². The quantitative estimate of drug-likeness (QED) is 0.278. The van der Waals surface area contributed by atoms with Gasteiger partial charge in [0.25, 0.3) is 0 Å². The maximum Gasteiger partial charge on any atom is 0.322 e. The number of halogens is 2. The lowest BCUT2D eigenvalue weighted by atomic mass is 9.99. The van der Waals surface area contributed by atoms with Gasteiger partial charge in [0.2, 0.25) is 5.91 Å². The molecule has 0 bridgehead atoms. The van der Waals surface area contributed by atoms with Gasteiger partial charge in [0.05, 0.1) is 11.7 Å². The lowest BCUT2D eigenvalue weighted by Gasteiger charge is -2.38. The monoisotopic (exact) mass is 544 g/mol. The van der Waals surface area contributed by atoms with Crippen molar-refractivity contribution in [3.63, 3.8) is 0 Å². The number of urea groups is 1. The van der Waals surface area contributed by atoms with Crippen molar-refractivity contribution in [3.05, 3.63) is 114 Å². The number of anilines is 1. The number of amides is 3. The molecule has 206 valence electrons. The fourth-order valence-electron chi connectivity index (χ4n) is 4.94. The van der Waals surface area contributed by atoms with Crippen LogP contribution in [0.3, 0.4) is 0 Å². The van der Waals surface area contributed by atoms with Gasteiger partial charge >= 0.3 is 6.03 Å². The van der Waals surface area contributed by atoms with Gasteiger partial charge in [-0.2, -0.15) is 0 Å². The molecule has 3 amide bonds. The van der Waals surface area contributed by atoms with Gasteiger partial charge < -0.3 is 24.4 Å². The van der Waals surface area contributed by atoms with Gasteiger partial charge in [-0.15, -0.1) is 0 Å². The highest BCUT2D eigenvalue weighted by Crippen LogP contribution is 2.35. The minimum Gasteiger partial charge on any atom is -0.457 e. The number of nitrogens with zero attached hydrogens (tertiary/aromatic N) is 3. The number of rotatable bonds is 8. The zero-order valence-corrected chi connectivity index (χ0v) is 22.1. The van der Waals surface area contributed by atoms with Crippen molar-refractivity contribution in [1.29, 1.82) is 0 Å². The first-order valence-electron chi connectivity index (χ1n) is 13.2. The molecule has 1 aromatic heterocycles. The molecule has 7 nitrogen and oxygen atoms in total. The second kappa shape index (κ2) is 12.0. The first-order chi connectivity index (χ1) is 19.4. The molecule has 0 radical (unpaired) electrons. The molecule has 1 aliphatic rings. The number of aromatic nitrogens is 1. The van der Waals surface area contributed by atoms with E-state index in [4.69, 9.17) is 4.74 Å². The summed E-state index contributed by atoms with van der Waals surface area (Å²) in [5.41, 5.74) is 1.68. The number of benzene rings is 3. The summed E-state index contributed by atoms with van der Waals surface area (Å²) in [6.45, 7) is 3.04. The van der Waals surface area contributed by atoms with Crippen molar-refractivity contribution in [2.75, 3.05) is 25.0 Å². The standard InChI is InChI=1S/C31H30F2N4O3/c1-2-15-36(31(39)34-27-14-13-23(32)20-26(27)33)21-29(38)37-18-17-35-16-7-12-28(35)30(37)22-8-6-11-25(19-22)40-24-9-4-3-5-10-24/h3-14,16,19-20,30H,2,15,17-18,21H2,1H3,(H,34,39)/t30-/m1/s1. The Bertz CT molecular complexity index is 1490. The second-order valence-electron chi connectivity index (χ2n) is 9.58. The lowest BCUT2D eigenvalue weighted by molar-refractivity contribution is -0.134. The number of carbonyl (C=O) groups is 2. The summed E-state index contributed by atoms with van der Waals surface area (Å²) in [6, 6.07) is 23.0. The predicted octanol–water partition coefficient (Wildman–Crippen LogP) is 6.43. The molecule has 0 saturated heterocycles. The van der Waals surface area contributed by atoms with E-state index in [1.165, 1.54) is 4.90 Å². The van der Waals surface area contributed by atoms with E-state index in [1.54, 1.807) is 4.90 Å². The van der Waals surface area contributed by atoms with Crippen LogP contribution >= 0.6 is 0 Å². The number of hydrogen-bond acceptors (Lipinski definition) is 3. The average molecular weight is 545 g/mol. The third-order valence-electron chi connectivity index (χ3n) is 6.79. The molecule has 9 heteroatoms. The maximum atomic E-state index is 14.2. The van der Waals surface area contributed by atoms with Crippen molar-refractivity contribution in [3.8, 4) is 11.5 Å². The van der Waals surface area contributed by atoms with Crippen LogP contribution in [0.4, 0.5) is 19.3 Å². The third kappa shape index (κ3) is 5.98. The van der Waals surface area contributed by atoms with Crippen molar-refractivity contribution >= 4 is 17.6 Å². The summed E-state index contributed by atoms with van der Waals surface area (Å²) < 4.78 is 35.7. The Kier molecular flexibility index (Phi) is 8.10. The van der Waals surface area contributed by atoms with E-state index in [9.17, 15) is 18.4 Å². The number of fused-ring (bicyclic) bond motifs is 1. The molecule has 0 aliphatic carbocycles. The van der Waals surface area contributed by atoms with Gasteiger partial charge in [0.15, 0.2) is 0 Å². The molecule has 40 heavy (non-hydrogen) atoms. The van der Waals surface area contributed by atoms with Gasteiger partial charge in [-0.1, -0.05) is 37.3 Å². The molecule has 3 aromatic carbocycles. The fraction of sp³-hybridized carbons (Fsp3) is 0.226.